The summed E-state index contributed by atoms with van der Waals surface area (Å²) >= 11 is 1.17. The van der Waals surface area contributed by atoms with Gasteiger partial charge in [0.1, 0.15) is 5.01 Å². The van der Waals surface area contributed by atoms with E-state index in [4.69, 9.17) is 0 Å². The molecule has 18 heavy (non-hydrogen) atoms. The molecule has 2 unspecified atom stereocenters. The Morgan fingerprint density at radius 3 is 2.78 bits per heavy atom. The van der Waals surface area contributed by atoms with Crippen LogP contribution in [0.4, 0.5) is 13.2 Å². The van der Waals surface area contributed by atoms with Gasteiger partial charge in [0.15, 0.2) is 0 Å². The van der Waals surface area contributed by atoms with Gasteiger partial charge in [-0.25, -0.2) is 0 Å². The van der Waals surface area contributed by atoms with Crippen LogP contribution in [0, 0.1) is 0 Å². The van der Waals surface area contributed by atoms with Crippen molar-refractivity contribution in [2.24, 2.45) is 0 Å². The zero-order chi connectivity index (χ0) is 12.9. The Balaban J connectivity index is 2.04. The van der Waals surface area contributed by atoms with Gasteiger partial charge in [-0.1, -0.05) is 11.3 Å². The summed E-state index contributed by atoms with van der Waals surface area (Å²) in [5.74, 6) is -0.906. The quantitative estimate of drug-likeness (QED) is 0.861. The van der Waals surface area contributed by atoms with Crippen molar-refractivity contribution in [3.05, 3.63) is 10.8 Å². The van der Waals surface area contributed by atoms with E-state index in [-0.39, 0.29) is 16.9 Å². The van der Waals surface area contributed by atoms with Crippen LogP contribution in [0.3, 0.4) is 0 Å². The molecule has 1 fully saturated rings. The number of alkyl halides is 3. The summed E-state index contributed by atoms with van der Waals surface area (Å²) in [6.07, 6.45) is -3.64. The average molecular weight is 277 g/mol. The molecule has 2 aromatic heterocycles. The van der Waals surface area contributed by atoms with Gasteiger partial charge >= 0.3 is 6.18 Å². The number of nitrogens with zero attached hydrogens (tertiary/aromatic N) is 4. The van der Waals surface area contributed by atoms with Crippen molar-refractivity contribution in [1.82, 2.24) is 25.1 Å². The Bertz CT molecular complexity index is 574. The van der Waals surface area contributed by atoms with Crippen molar-refractivity contribution in [3.8, 4) is 0 Å². The summed E-state index contributed by atoms with van der Waals surface area (Å²) in [6, 6.07) is 0.225. The Morgan fingerprint density at radius 1 is 1.39 bits per heavy atom. The van der Waals surface area contributed by atoms with Crippen LogP contribution in [-0.4, -0.2) is 32.4 Å². The summed E-state index contributed by atoms with van der Waals surface area (Å²) in [6.45, 7) is 2.86. The second kappa shape index (κ2) is 3.89. The Morgan fingerprint density at radius 2 is 2.17 bits per heavy atom. The van der Waals surface area contributed by atoms with Crippen molar-refractivity contribution >= 4 is 16.3 Å². The van der Waals surface area contributed by atoms with Crippen molar-refractivity contribution in [2.75, 3.05) is 6.54 Å². The van der Waals surface area contributed by atoms with Gasteiger partial charge < -0.3 is 5.32 Å². The predicted octanol–water partition coefficient (Wildman–Crippen LogP) is 1.67. The molecule has 3 heterocycles. The van der Waals surface area contributed by atoms with E-state index >= 15 is 0 Å². The number of hydrogen-bond donors (Lipinski definition) is 1. The Kier molecular flexibility index (Phi) is 2.56. The number of fused-ring (bicyclic) bond motifs is 1. The van der Waals surface area contributed by atoms with Crippen LogP contribution in [0.25, 0.3) is 4.96 Å². The third-order valence-corrected chi connectivity index (χ3v) is 4.13. The molecule has 0 spiro atoms. The zero-order valence-electron chi connectivity index (χ0n) is 9.40. The van der Waals surface area contributed by atoms with Gasteiger partial charge in [-0.2, -0.15) is 22.8 Å². The minimum atomic E-state index is -4.52. The van der Waals surface area contributed by atoms with E-state index in [1.54, 1.807) is 0 Å². The van der Waals surface area contributed by atoms with Crippen LogP contribution in [0.1, 0.15) is 30.1 Å². The molecule has 0 saturated carbocycles. The predicted molar refractivity (Wildman–Crippen MR) is 58.5 cm³/mol. The van der Waals surface area contributed by atoms with Gasteiger partial charge in [-0.3, -0.25) is 0 Å². The van der Waals surface area contributed by atoms with Crippen molar-refractivity contribution in [1.29, 1.82) is 0 Å². The largest absolute Gasteiger partial charge is 0.453 e. The van der Waals surface area contributed by atoms with Crippen molar-refractivity contribution in [3.63, 3.8) is 0 Å². The van der Waals surface area contributed by atoms with Crippen molar-refractivity contribution < 1.29 is 13.2 Å². The van der Waals surface area contributed by atoms with Crippen LogP contribution >= 0.6 is 11.3 Å². The fourth-order valence-corrected chi connectivity index (χ4v) is 3.23. The number of rotatable bonds is 1. The first-order chi connectivity index (χ1) is 8.47. The normalized spacial score (nSPS) is 25.1. The number of nitrogens with one attached hydrogen (secondary N) is 1. The molecular weight excluding hydrogens is 267 g/mol. The first-order valence-corrected chi connectivity index (χ1v) is 6.31. The first kappa shape index (κ1) is 11.8. The van der Waals surface area contributed by atoms with Crippen LogP contribution in [0.15, 0.2) is 0 Å². The lowest BCUT2D eigenvalue weighted by Crippen LogP contribution is -2.21. The summed E-state index contributed by atoms with van der Waals surface area (Å²) in [5.41, 5.74) is 0. The molecule has 3 rings (SSSR count). The van der Waals surface area contributed by atoms with E-state index < -0.39 is 12.0 Å². The van der Waals surface area contributed by atoms with E-state index in [9.17, 15) is 13.2 Å². The van der Waals surface area contributed by atoms with E-state index in [0.717, 1.165) is 17.5 Å². The molecular formula is C9H10F3N5S. The Hall–Kier alpha value is -1.22. The molecule has 9 heteroatoms. The molecule has 1 aliphatic heterocycles. The fourth-order valence-electron chi connectivity index (χ4n) is 2.15. The van der Waals surface area contributed by atoms with Gasteiger partial charge in [-0.15, -0.1) is 10.2 Å². The van der Waals surface area contributed by atoms with Gasteiger partial charge in [0.25, 0.3) is 5.82 Å². The van der Waals surface area contributed by atoms with Crippen LogP contribution in [0.2, 0.25) is 0 Å². The molecule has 1 saturated heterocycles. The minimum Gasteiger partial charge on any atom is -0.314 e. The lowest BCUT2D eigenvalue weighted by Gasteiger charge is -2.10. The van der Waals surface area contributed by atoms with Crippen LogP contribution in [0.5, 0.6) is 0 Å². The SMILES string of the molecule is CC1NCCC1c1nn2c(C(F)(F)F)nnc2s1. The van der Waals surface area contributed by atoms with E-state index in [1.165, 1.54) is 11.3 Å². The number of hydrogen-bond acceptors (Lipinski definition) is 5. The van der Waals surface area contributed by atoms with E-state index in [1.807, 2.05) is 6.92 Å². The lowest BCUT2D eigenvalue weighted by molar-refractivity contribution is -0.146. The third kappa shape index (κ3) is 1.77. The Labute approximate surface area is 104 Å². The summed E-state index contributed by atoms with van der Waals surface area (Å²) in [5, 5.41) is 14.6. The second-order valence-corrected chi connectivity index (χ2v) is 5.28. The maximum absolute atomic E-state index is 12.6. The van der Waals surface area contributed by atoms with E-state index in [0.29, 0.717) is 5.01 Å². The first-order valence-electron chi connectivity index (χ1n) is 5.49. The third-order valence-electron chi connectivity index (χ3n) is 3.10. The molecule has 0 radical (unpaired) electrons. The molecule has 0 amide bonds. The van der Waals surface area contributed by atoms with Gasteiger partial charge in [0.05, 0.1) is 0 Å². The average Bonchev–Trinajstić information content (AvgIpc) is 2.87. The monoisotopic (exact) mass is 277 g/mol. The van der Waals surface area contributed by atoms with Gasteiger partial charge in [-0.05, 0) is 19.9 Å². The summed E-state index contributed by atoms with van der Waals surface area (Å²) in [7, 11) is 0. The molecule has 0 bridgehead atoms. The van der Waals surface area contributed by atoms with E-state index in [2.05, 4.69) is 20.6 Å². The highest BCUT2D eigenvalue weighted by atomic mass is 32.1. The minimum absolute atomic E-state index is 0.151. The highest BCUT2D eigenvalue weighted by Crippen LogP contribution is 2.33. The smallest absolute Gasteiger partial charge is 0.314 e. The van der Waals surface area contributed by atoms with Gasteiger partial charge in [0.2, 0.25) is 4.96 Å². The standard InChI is InChI=1S/C9H10F3N5S/c1-4-5(2-3-13-4)6-16-17-7(9(10,11)12)14-15-8(17)18-6/h4-5,13H,2-3H2,1H3. The second-order valence-electron chi connectivity index (χ2n) is 4.29. The number of aromatic nitrogens is 4. The van der Waals surface area contributed by atoms with Gasteiger partial charge in [0, 0.05) is 12.0 Å². The zero-order valence-corrected chi connectivity index (χ0v) is 10.2. The summed E-state index contributed by atoms with van der Waals surface area (Å²) < 4.78 is 38.7. The molecule has 2 atom stereocenters. The summed E-state index contributed by atoms with van der Waals surface area (Å²) in [4.78, 5) is 0.191. The number of halogens is 3. The lowest BCUT2D eigenvalue weighted by atomic mass is 10.0. The highest BCUT2D eigenvalue weighted by Gasteiger charge is 2.39. The molecule has 1 aliphatic rings. The molecule has 1 N–H and O–H groups in total. The highest BCUT2D eigenvalue weighted by molar-refractivity contribution is 7.16. The topological polar surface area (TPSA) is 55.1 Å². The van der Waals surface area contributed by atoms with Crippen molar-refractivity contribution in [2.45, 2.75) is 31.5 Å². The fraction of sp³-hybridized carbons (Fsp3) is 0.667. The maximum atomic E-state index is 12.6. The molecule has 98 valence electrons. The molecule has 2 aromatic rings. The molecule has 0 aliphatic carbocycles. The maximum Gasteiger partial charge on any atom is 0.453 e. The van der Waals surface area contributed by atoms with Crippen LogP contribution in [-0.2, 0) is 6.18 Å². The molecule has 5 nitrogen and oxygen atoms in total. The van der Waals surface area contributed by atoms with Crippen LogP contribution < -0.4 is 5.32 Å². The molecule has 0 aromatic carbocycles.